The normalized spacial score (nSPS) is 18.3. The van der Waals surface area contributed by atoms with E-state index in [1.165, 1.54) is 18.2 Å². The molecule has 1 heterocycles. The number of aliphatic hydroxyl groups is 1. The molecule has 1 atom stereocenters. The van der Waals surface area contributed by atoms with E-state index in [1.54, 1.807) is 24.3 Å². The predicted molar refractivity (Wildman–Crippen MR) is 87.5 cm³/mol. The summed E-state index contributed by atoms with van der Waals surface area (Å²) in [6.45, 7) is 1.29. The van der Waals surface area contributed by atoms with Crippen LogP contribution < -0.4 is 5.32 Å². The Labute approximate surface area is 140 Å². The van der Waals surface area contributed by atoms with Crippen LogP contribution in [0, 0.1) is 11.6 Å². The molecule has 2 N–H and O–H groups in total. The summed E-state index contributed by atoms with van der Waals surface area (Å²) < 4.78 is 32.9. The first kappa shape index (κ1) is 17.0. The highest BCUT2D eigenvalue weighted by atomic mass is 19.1. The van der Waals surface area contributed by atoms with Crippen molar-refractivity contribution in [2.75, 3.05) is 19.8 Å². The van der Waals surface area contributed by atoms with Gasteiger partial charge in [-0.05, 0) is 36.6 Å². The molecule has 5 heteroatoms. The van der Waals surface area contributed by atoms with Crippen molar-refractivity contribution in [1.82, 2.24) is 5.32 Å². The van der Waals surface area contributed by atoms with E-state index >= 15 is 0 Å². The lowest BCUT2D eigenvalue weighted by molar-refractivity contribution is 0.0296. The van der Waals surface area contributed by atoms with Gasteiger partial charge in [-0.3, -0.25) is 0 Å². The van der Waals surface area contributed by atoms with Crippen molar-refractivity contribution in [3.05, 3.63) is 71.3 Å². The molecular weight excluding hydrogens is 312 g/mol. The van der Waals surface area contributed by atoms with Crippen molar-refractivity contribution in [3.8, 4) is 0 Å². The predicted octanol–water partition coefficient (Wildman–Crippen LogP) is 3.29. The molecule has 3 rings (SSSR count). The second-order valence-electron chi connectivity index (χ2n) is 6.12. The first-order valence-corrected chi connectivity index (χ1v) is 8.12. The van der Waals surface area contributed by atoms with Gasteiger partial charge in [0, 0.05) is 30.9 Å². The highest BCUT2D eigenvalue weighted by Gasteiger charge is 2.35. The van der Waals surface area contributed by atoms with Gasteiger partial charge in [0.1, 0.15) is 11.6 Å². The molecule has 24 heavy (non-hydrogen) atoms. The number of halogens is 2. The zero-order chi connectivity index (χ0) is 17.0. The zero-order valence-corrected chi connectivity index (χ0v) is 13.3. The summed E-state index contributed by atoms with van der Waals surface area (Å²) in [6, 6.07) is 12.6. The van der Waals surface area contributed by atoms with E-state index in [4.69, 9.17) is 4.74 Å². The Morgan fingerprint density at radius 3 is 2.54 bits per heavy atom. The summed E-state index contributed by atoms with van der Waals surface area (Å²) in [6.07, 6.45) is 0.362. The van der Waals surface area contributed by atoms with Crippen molar-refractivity contribution >= 4 is 0 Å². The molecule has 1 unspecified atom stereocenters. The molecule has 0 aliphatic carbocycles. The van der Waals surface area contributed by atoms with Crippen LogP contribution in [0.1, 0.15) is 30.1 Å². The first-order valence-electron chi connectivity index (χ1n) is 8.12. The summed E-state index contributed by atoms with van der Waals surface area (Å²) in [5.41, 5.74) is 0.602. The molecule has 1 saturated heterocycles. The number of hydrogen-bond donors (Lipinski definition) is 2. The van der Waals surface area contributed by atoms with Gasteiger partial charge in [0.15, 0.2) is 0 Å². The summed E-state index contributed by atoms with van der Waals surface area (Å²) in [7, 11) is 0. The van der Waals surface area contributed by atoms with Crippen LogP contribution in [0.5, 0.6) is 0 Å². The van der Waals surface area contributed by atoms with Crippen LogP contribution in [0.25, 0.3) is 0 Å². The molecule has 1 fully saturated rings. The lowest BCUT2D eigenvalue weighted by Gasteiger charge is -2.39. The lowest BCUT2D eigenvalue weighted by atomic mass is 9.82. The molecule has 1 aliphatic heterocycles. The van der Waals surface area contributed by atoms with Crippen LogP contribution in [0.2, 0.25) is 0 Å². The Morgan fingerprint density at radius 1 is 1.08 bits per heavy atom. The molecular formula is C19H21F2NO2. The quantitative estimate of drug-likeness (QED) is 0.882. The van der Waals surface area contributed by atoms with Gasteiger partial charge in [0.05, 0.1) is 6.10 Å². The Bertz CT molecular complexity index is 687. The number of hydrogen-bond acceptors (Lipinski definition) is 3. The minimum absolute atomic E-state index is 0.178. The fourth-order valence-electron chi connectivity index (χ4n) is 3.22. The van der Waals surface area contributed by atoms with Crippen molar-refractivity contribution in [3.63, 3.8) is 0 Å². The highest BCUT2D eigenvalue weighted by Crippen LogP contribution is 2.33. The maximum Gasteiger partial charge on any atom is 0.129 e. The van der Waals surface area contributed by atoms with Gasteiger partial charge in [-0.2, -0.15) is 0 Å². The molecule has 0 radical (unpaired) electrons. The molecule has 3 nitrogen and oxygen atoms in total. The van der Waals surface area contributed by atoms with Gasteiger partial charge in [0.25, 0.3) is 0 Å². The van der Waals surface area contributed by atoms with E-state index in [0.717, 1.165) is 5.56 Å². The second-order valence-corrected chi connectivity index (χ2v) is 6.12. The summed E-state index contributed by atoms with van der Waals surface area (Å²) in [5.74, 6) is -0.728. The topological polar surface area (TPSA) is 41.5 Å². The standard InChI is InChI=1S/C19H21F2NO2/c20-15-5-3-4-14(12-15)19(8-10-24-11-9-19)22-13-18(23)16-6-1-2-7-17(16)21/h1-7,12,18,22-23H,8-11,13H2. The van der Waals surface area contributed by atoms with Crippen LogP contribution in [0.4, 0.5) is 8.78 Å². The Morgan fingerprint density at radius 2 is 1.83 bits per heavy atom. The van der Waals surface area contributed by atoms with E-state index in [1.807, 2.05) is 6.07 Å². The Balaban J connectivity index is 1.79. The fourth-order valence-corrected chi connectivity index (χ4v) is 3.22. The first-order chi connectivity index (χ1) is 11.6. The summed E-state index contributed by atoms with van der Waals surface area (Å²) in [5, 5.41) is 13.7. The van der Waals surface area contributed by atoms with Gasteiger partial charge in [0.2, 0.25) is 0 Å². The molecule has 128 valence electrons. The third kappa shape index (κ3) is 3.64. The average Bonchev–Trinajstić information content (AvgIpc) is 2.61. The van der Waals surface area contributed by atoms with Crippen molar-refractivity contribution in [1.29, 1.82) is 0 Å². The van der Waals surface area contributed by atoms with Crippen molar-refractivity contribution in [2.24, 2.45) is 0 Å². The summed E-state index contributed by atoms with van der Waals surface area (Å²) in [4.78, 5) is 0. The van der Waals surface area contributed by atoms with Crippen LogP contribution in [-0.4, -0.2) is 24.9 Å². The Kier molecular flexibility index (Phi) is 5.23. The van der Waals surface area contributed by atoms with Gasteiger partial charge in [-0.15, -0.1) is 0 Å². The molecule has 2 aromatic carbocycles. The van der Waals surface area contributed by atoms with Crippen molar-refractivity contribution in [2.45, 2.75) is 24.5 Å². The van der Waals surface area contributed by atoms with E-state index < -0.39 is 17.5 Å². The highest BCUT2D eigenvalue weighted by molar-refractivity contribution is 5.27. The van der Waals surface area contributed by atoms with Gasteiger partial charge in [-0.25, -0.2) is 8.78 Å². The van der Waals surface area contributed by atoms with Gasteiger partial charge >= 0.3 is 0 Å². The third-order valence-corrected chi connectivity index (χ3v) is 4.62. The van der Waals surface area contributed by atoms with Crippen LogP contribution in [0.3, 0.4) is 0 Å². The average molecular weight is 333 g/mol. The van der Waals surface area contributed by atoms with E-state index in [9.17, 15) is 13.9 Å². The SMILES string of the molecule is OC(CNC1(c2cccc(F)c2)CCOCC1)c1ccccc1F. The van der Waals surface area contributed by atoms with Gasteiger partial charge in [-0.1, -0.05) is 30.3 Å². The molecule has 0 bridgehead atoms. The Hall–Kier alpha value is -1.82. The fraction of sp³-hybridized carbons (Fsp3) is 0.368. The van der Waals surface area contributed by atoms with E-state index in [-0.39, 0.29) is 17.9 Å². The molecule has 0 aromatic heterocycles. The number of ether oxygens (including phenoxy) is 1. The summed E-state index contributed by atoms with van der Waals surface area (Å²) >= 11 is 0. The molecule has 0 amide bonds. The molecule has 2 aromatic rings. The van der Waals surface area contributed by atoms with Gasteiger partial charge < -0.3 is 15.2 Å². The molecule has 0 spiro atoms. The monoisotopic (exact) mass is 333 g/mol. The van der Waals surface area contributed by atoms with E-state index in [2.05, 4.69) is 5.32 Å². The number of nitrogens with one attached hydrogen (secondary N) is 1. The lowest BCUT2D eigenvalue weighted by Crippen LogP contribution is -2.48. The van der Waals surface area contributed by atoms with Crippen LogP contribution >= 0.6 is 0 Å². The minimum atomic E-state index is -0.973. The zero-order valence-electron chi connectivity index (χ0n) is 13.3. The van der Waals surface area contributed by atoms with Crippen molar-refractivity contribution < 1.29 is 18.6 Å². The molecule has 0 saturated carbocycles. The number of aliphatic hydroxyl groups excluding tert-OH is 1. The minimum Gasteiger partial charge on any atom is -0.387 e. The van der Waals surface area contributed by atoms with Crippen LogP contribution in [0.15, 0.2) is 48.5 Å². The number of benzene rings is 2. The maximum absolute atomic E-state index is 13.8. The van der Waals surface area contributed by atoms with Crippen LogP contribution in [-0.2, 0) is 10.3 Å². The largest absolute Gasteiger partial charge is 0.387 e. The second kappa shape index (κ2) is 7.38. The third-order valence-electron chi connectivity index (χ3n) is 4.62. The smallest absolute Gasteiger partial charge is 0.129 e. The molecule has 1 aliphatic rings. The maximum atomic E-state index is 13.8. The number of rotatable bonds is 5. The van der Waals surface area contributed by atoms with E-state index in [0.29, 0.717) is 26.1 Å².